The first kappa shape index (κ1) is 13.2. The Morgan fingerprint density at radius 2 is 2.12 bits per heavy atom. The van der Waals surface area contributed by atoms with E-state index in [4.69, 9.17) is 11.6 Å². The van der Waals surface area contributed by atoms with Crippen molar-refractivity contribution in [3.8, 4) is 0 Å². The van der Waals surface area contributed by atoms with E-state index in [9.17, 15) is 4.79 Å². The number of nitrogens with one attached hydrogen (secondary N) is 1. The summed E-state index contributed by atoms with van der Waals surface area (Å²) in [5, 5.41) is 7.60. The molecule has 0 unspecified atom stereocenters. The summed E-state index contributed by atoms with van der Waals surface area (Å²) < 4.78 is 1.66. The van der Waals surface area contributed by atoms with E-state index in [0.717, 1.165) is 0 Å². The fourth-order valence-corrected chi connectivity index (χ4v) is 1.61. The number of ketones is 1. The van der Waals surface area contributed by atoms with Crippen LogP contribution in [0.4, 0.5) is 0 Å². The zero-order valence-electron chi connectivity index (χ0n) is 10.1. The summed E-state index contributed by atoms with van der Waals surface area (Å²) in [4.78, 5) is 11.9. The van der Waals surface area contributed by atoms with Crippen LogP contribution in [0.5, 0.6) is 0 Å². The quantitative estimate of drug-likeness (QED) is 0.808. The van der Waals surface area contributed by atoms with Gasteiger partial charge in [-0.15, -0.1) is 0 Å². The number of carbonyl (C=O) groups is 1. The first-order valence-electron chi connectivity index (χ1n) is 5.43. The molecule has 0 aliphatic carbocycles. The average molecular weight is 244 g/mol. The number of aromatic nitrogens is 2. The molecular weight excluding hydrogens is 226 g/mol. The zero-order chi connectivity index (χ0) is 12.3. The second kappa shape index (κ2) is 5.46. The fourth-order valence-electron chi connectivity index (χ4n) is 1.37. The first-order chi connectivity index (χ1) is 7.43. The van der Waals surface area contributed by atoms with Crippen molar-refractivity contribution in [2.24, 2.45) is 0 Å². The molecule has 0 saturated heterocycles. The van der Waals surface area contributed by atoms with E-state index in [2.05, 4.69) is 10.4 Å². The molecule has 0 radical (unpaired) electrons. The molecule has 0 fully saturated rings. The number of halogens is 1. The number of carbonyl (C=O) groups excluding carboxylic acids is 1. The lowest BCUT2D eigenvalue weighted by molar-refractivity contribution is 0.0976. The van der Waals surface area contributed by atoms with Gasteiger partial charge in [-0.2, -0.15) is 5.10 Å². The number of nitrogens with zero attached hydrogens (tertiary/aromatic N) is 2. The van der Waals surface area contributed by atoms with Gasteiger partial charge in [0.15, 0.2) is 5.78 Å². The fraction of sp³-hybridized carbons (Fsp3) is 0.636. The third-order valence-corrected chi connectivity index (χ3v) is 2.45. The summed E-state index contributed by atoms with van der Waals surface area (Å²) in [5.74, 6) is -0.0232. The molecule has 5 heteroatoms. The predicted octanol–water partition coefficient (Wildman–Crippen LogP) is 2.30. The van der Waals surface area contributed by atoms with Crippen molar-refractivity contribution < 1.29 is 4.79 Å². The summed E-state index contributed by atoms with van der Waals surface area (Å²) in [6.07, 6.45) is 1.52. The molecule has 1 N–H and O–H groups in total. The predicted molar refractivity (Wildman–Crippen MR) is 65.1 cm³/mol. The summed E-state index contributed by atoms with van der Waals surface area (Å²) in [7, 11) is 0. The molecule has 0 aromatic carbocycles. The third-order valence-electron chi connectivity index (χ3n) is 2.17. The van der Waals surface area contributed by atoms with Crippen LogP contribution in [0.25, 0.3) is 0 Å². The van der Waals surface area contributed by atoms with E-state index < -0.39 is 0 Å². The molecule has 0 spiro atoms. The van der Waals surface area contributed by atoms with Gasteiger partial charge in [0, 0.05) is 12.1 Å². The van der Waals surface area contributed by atoms with E-state index in [1.54, 1.807) is 4.68 Å². The number of rotatable bonds is 5. The lowest BCUT2D eigenvalue weighted by Gasteiger charge is -2.12. The van der Waals surface area contributed by atoms with Gasteiger partial charge >= 0.3 is 0 Å². The van der Waals surface area contributed by atoms with Crippen LogP contribution in [-0.4, -0.2) is 28.2 Å². The van der Waals surface area contributed by atoms with E-state index in [1.807, 2.05) is 27.7 Å². The van der Waals surface area contributed by atoms with Crippen molar-refractivity contribution >= 4 is 17.4 Å². The molecule has 0 saturated carbocycles. The second-order valence-corrected chi connectivity index (χ2v) is 4.75. The Balaban J connectivity index is 2.85. The number of hydrogen-bond acceptors (Lipinski definition) is 3. The Hall–Kier alpha value is -0.870. The average Bonchev–Trinajstić information content (AvgIpc) is 2.56. The van der Waals surface area contributed by atoms with Crippen LogP contribution in [0, 0.1) is 0 Å². The molecule has 0 aliphatic heterocycles. The molecule has 1 aromatic rings. The van der Waals surface area contributed by atoms with Crippen molar-refractivity contribution in [1.29, 1.82) is 0 Å². The maximum atomic E-state index is 11.9. The third kappa shape index (κ3) is 3.06. The molecule has 1 rings (SSSR count). The van der Waals surface area contributed by atoms with Gasteiger partial charge in [0.1, 0.15) is 5.69 Å². The molecule has 0 aliphatic rings. The Labute approximate surface area is 101 Å². The van der Waals surface area contributed by atoms with E-state index in [-0.39, 0.29) is 24.4 Å². The standard InChI is InChI=1S/C11H18ClN3O/c1-7(2)13-6-10(16)11-9(12)5-14-15(11)8(3)4/h5,7-8,13H,6H2,1-4H3. The largest absolute Gasteiger partial charge is 0.307 e. The van der Waals surface area contributed by atoms with Gasteiger partial charge in [-0.3, -0.25) is 9.48 Å². The van der Waals surface area contributed by atoms with Gasteiger partial charge in [0.2, 0.25) is 0 Å². The van der Waals surface area contributed by atoms with Crippen molar-refractivity contribution in [3.05, 3.63) is 16.9 Å². The van der Waals surface area contributed by atoms with Crippen LogP contribution in [0.2, 0.25) is 5.02 Å². The van der Waals surface area contributed by atoms with E-state index in [0.29, 0.717) is 10.7 Å². The Morgan fingerprint density at radius 3 is 2.62 bits per heavy atom. The number of Topliss-reactive ketones (excluding diaryl/α,β-unsaturated/α-hetero) is 1. The van der Waals surface area contributed by atoms with Crippen molar-refractivity contribution in [2.75, 3.05) is 6.54 Å². The molecule has 90 valence electrons. The highest BCUT2D eigenvalue weighted by molar-refractivity contribution is 6.33. The molecule has 0 bridgehead atoms. The molecule has 4 nitrogen and oxygen atoms in total. The first-order valence-corrected chi connectivity index (χ1v) is 5.80. The van der Waals surface area contributed by atoms with Gasteiger partial charge < -0.3 is 5.32 Å². The van der Waals surface area contributed by atoms with Crippen LogP contribution >= 0.6 is 11.6 Å². The van der Waals surface area contributed by atoms with Crippen molar-refractivity contribution in [1.82, 2.24) is 15.1 Å². The van der Waals surface area contributed by atoms with Gasteiger partial charge in [-0.05, 0) is 13.8 Å². The van der Waals surface area contributed by atoms with Gasteiger partial charge in [-0.1, -0.05) is 25.4 Å². The maximum Gasteiger partial charge on any atom is 0.196 e. The smallest absolute Gasteiger partial charge is 0.196 e. The number of hydrogen-bond donors (Lipinski definition) is 1. The van der Waals surface area contributed by atoms with E-state index in [1.165, 1.54) is 6.20 Å². The Bertz CT molecular complexity index is 371. The van der Waals surface area contributed by atoms with Crippen molar-refractivity contribution in [3.63, 3.8) is 0 Å². The van der Waals surface area contributed by atoms with Gasteiger partial charge in [-0.25, -0.2) is 0 Å². The van der Waals surface area contributed by atoms with Gasteiger partial charge in [0.05, 0.1) is 17.8 Å². The molecular formula is C11H18ClN3O. The molecule has 16 heavy (non-hydrogen) atoms. The van der Waals surface area contributed by atoms with E-state index >= 15 is 0 Å². The summed E-state index contributed by atoms with van der Waals surface area (Å²) >= 11 is 5.97. The van der Waals surface area contributed by atoms with Crippen LogP contribution in [-0.2, 0) is 0 Å². The Morgan fingerprint density at radius 1 is 1.50 bits per heavy atom. The molecule has 0 atom stereocenters. The highest BCUT2D eigenvalue weighted by Gasteiger charge is 2.18. The topological polar surface area (TPSA) is 46.9 Å². The SMILES string of the molecule is CC(C)NCC(=O)c1c(Cl)cnn1C(C)C. The molecule has 1 aromatic heterocycles. The highest BCUT2D eigenvalue weighted by Crippen LogP contribution is 2.19. The second-order valence-electron chi connectivity index (χ2n) is 4.34. The Kier molecular flexibility index (Phi) is 4.50. The summed E-state index contributed by atoms with van der Waals surface area (Å²) in [6.45, 7) is 8.21. The molecule has 1 heterocycles. The summed E-state index contributed by atoms with van der Waals surface area (Å²) in [6, 6.07) is 0.406. The minimum absolute atomic E-state index is 0.0232. The minimum atomic E-state index is -0.0232. The van der Waals surface area contributed by atoms with Crippen LogP contribution in [0.15, 0.2) is 6.20 Å². The monoisotopic (exact) mass is 243 g/mol. The van der Waals surface area contributed by atoms with Crippen LogP contribution in [0.3, 0.4) is 0 Å². The highest BCUT2D eigenvalue weighted by atomic mass is 35.5. The lowest BCUT2D eigenvalue weighted by Crippen LogP contribution is -2.30. The van der Waals surface area contributed by atoms with Crippen LogP contribution < -0.4 is 5.32 Å². The minimum Gasteiger partial charge on any atom is -0.307 e. The molecule has 0 amide bonds. The van der Waals surface area contributed by atoms with Crippen molar-refractivity contribution in [2.45, 2.75) is 39.8 Å². The summed E-state index contributed by atoms with van der Waals surface area (Å²) in [5.41, 5.74) is 0.491. The lowest BCUT2D eigenvalue weighted by atomic mass is 10.2. The van der Waals surface area contributed by atoms with Crippen LogP contribution in [0.1, 0.15) is 44.2 Å². The normalized spacial score (nSPS) is 11.4. The van der Waals surface area contributed by atoms with Gasteiger partial charge in [0.25, 0.3) is 0 Å². The zero-order valence-corrected chi connectivity index (χ0v) is 10.9. The maximum absolute atomic E-state index is 11.9.